The van der Waals surface area contributed by atoms with Crippen LogP contribution in [0.1, 0.15) is 35.3 Å². The number of anilines is 1. The topological polar surface area (TPSA) is 73.6 Å². The van der Waals surface area contributed by atoms with Crippen LogP contribution in [0.25, 0.3) is 0 Å². The zero-order valence-electron chi connectivity index (χ0n) is 14.3. The number of alkyl halides is 1. The quantitative estimate of drug-likeness (QED) is 0.828. The van der Waals surface area contributed by atoms with Crippen molar-refractivity contribution in [2.75, 3.05) is 18.6 Å². The van der Waals surface area contributed by atoms with Crippen LogP contribution in [0, 0.1) is 11.3 Å². The van der Waals surface area contributed by atoms with E-state index in [2.05, 4.69) is 0 Å². The molecule has 25 heavy (non-hydrogen) atoms. The van der Waals surface area contributed by atoms with Crippen molar-refractivity contribution in [3.63, 3.8) is 0 Å². The van der Waals surface area contributed by atoms with Gasteiger partial charge >= 0.3 is 0 Å². The molecule has 0 heterocycles. The molecule has 0 saturated heterocycles. The van der Waals surface area contributed by atoms with Crippen LogP contribution < -0.4 is 9.64 Å². The minimum absolute atomic E-state index is 0.239. The number of aliphatic hydroxyl groups is 1. The highest BCUT2D eigenvalue weighted by Crippen LogP contribution is 2.40. The van der Waals surface area contributed by atoms with Gasteiger partial charge < -0.3 is 14.7 Å². The molecule has 1 N–H and O–H groups in total. The minimum atomic E-state index is -1.63. The lowest BCUT2D eigenvalue weighted by Crippen LogP contribution is -2.31. The van der Waals surface area contributed by atoms with E-state index in [1.165, 1.54) is 18.9 Å². The molecular formula is C19H19ClN2O3. The highest BCUT2D eigenvalue weighted by atomic mass is 35.5. The highest BCUT2D eigenvalue weighted by Gasteiger charge is 2.28. The lowest BCUT2D eigenvalue weighted by molar-refractivity contribution is 0.0987. The van der Waals surface area contributed by atoms with Gasteiger partial charge in [-0.2, -0.15) is 5.26 Å². The second-order valence-corrected chi connectivity index (χ2v) is 6.29. The summed E-state index contributed by atoms with van der Waals surface area (Å²) in [5.41, 5.74) is 1.82. The Balaban J connectivity index is 2.50. The number of para-hydroxylation sites is 1. The summed E-state index contributed by atoms with van der Waals surface area (Å²) in [6.45, 7) is 3.67. The van der Waals surface area contributed by atoms with E-state index in [9.17, 15) is 9.90 Å². The third kappa shape index (κ3) is 3.93. The molecule has 6 heteroatoms. The van der Waals surface area contributed by atoms with Crippen LogP contribution in [-0.4, -0.2) is 24.7 Å². The Hall–Kier alpha value is -2.55. The lowest BCUT2D eigenvalue weighted by Gasteiger charge is -2.27. The Morgan fingerprint density at radius 2 is 1.96 bits per heavy atom. The van der Waals surface area contributed by atoms with Crippen LogP contribution in [0.15, 0.2) is 42.5 Å². The molecule has 2 aromatic rings. The first-order chi connectivity index (χ1) is 11.8. The van der Waals surface area contributed by atoms with E-state index in [0.29, 0.717) is 34.7 Å². The van der Waals surface area contributed by atoms with Gasteiger partial charge in [0.05, 0.1) is 24.4 Å². The molecule has 1 atom stereocenters. The molecule has 0 fully saturated rings. The Morgan fingerprint density at radius 1 is 1.32 bits per heavy atom. The molecule has 0 aliphatic carbocycles. The molecule has 2 aromatic carbocycles. The Bertz CT molecular complexity index is 805. The summed E-state index contributed by atoms with van der Waals surface area (Å²) in [4.78, 5) is 14.4. The summed E-state index contributed by atoms with van der Waals surface area (Å²) in [6.07, 6.45) is 0. The molecular weight excluding hydrogens is 340 g/mol. The third-order valence-electron chi connectivity index (χ3n) is 3.80. The molecule has 0 aliphatic rings. The SMILES string of the molecule is CCN(C(=O)c1ccc(C#N)cc1)c1cccc(C(C)(O)Cl)c1OC. The number of halogens is 1. The highest BCUT2D eigenvalue weighted by molar-refractivity contribution is 6.23. The van der Waals surface area contributed by atoms with Gasteiger partial charge in [0, 0.05) is 17.7 Å². The maximum Gasteiger partial charge on any atom is 0.258 e. The number of rotatable bonds is 5. The standard InChI is InChI=1S/C19H19ClN2O3/c1-4-22(18(23)14-10-8-13(12-21)9-11-14)16-7-5-6-15(17(16)25-3)19(2,20)24/h5-11,24H,4H2,1-3H3. The van der Waals surface area contributed by atoms with Gasteiger partial charge in [-0.25, -0.2) is 0 Å². The summed E-state index contributed by atoms with van der Waals surface area (Å²) < 4.78 is 5.43. The Morgan fingerprint density at radius 3 is 2.44 bits per heavy atom. The van der Waals surface area contributed by atoms with Crippen molar-refractivity contribution in [2.24, 2.45) is 0 Å². The van der Waals surface area contributed by atoms with Gasteiger partial charge in [0.2, 0.25) is 0 Å². The second-order valence-electron chi connectivity index (χ2n) is 5.55. The van der Waals surface area contributed by atoms with Crippen molar-refractivity contribution in [1.29, 1.82) is 5.26 Å². The van der Waals surface area contributed by atoms with Crippen LogP contribution in [0.2, 0.25) is 0 Å². The molecule has 0 radical (unpaired) electrons. The zero-order chi connectivity index (χ0) is 18.6. The van der Waals surface area contributed by atoms with E-state index in [1.54, 1.807) is 42.5 Å². The molecule has 0 spiro atoms. The van der Waals surface area contributed by atoms with Crippen LogP contribution in [-0.2, 0) is 5.06 Å². The second kappa shape index (κ2) is 7.56. The van der Waals surface area contributed by atoms with Gasteiger partial charge in [0.15, 0.2) is 5.06 Å². The van der Waals surface area contributed by atoms with Gasteiger partial charge in [-0.05, 0) is 44.2 Å². The summed E-state index contributed by atoms with van der Waals surface area (Å²) in [5, 5.41) is 17.4. The number of hydrogen-bond acceptors (Lipinski definition) is 4. The summed E-state index contributed by atoms with van der Waals surface area (Å²) in [6, 6.07) is 13.5. The number of hydrogen-bond donors (Lipinski definition) is 1. The van der Waals surface area contributed by atoms with Crippen LogP contribution in [0.5, 0.6) is 5.75 Å². The molecule has 0 aromatic heterocycles. The van der Waals surface area contributed by atoms with E-state index in [4.69, 9.17) is 21.6 Å². The predicted octanol–water partition coefficient (Wildman–Crippen LogP) is 3.64. The number of ether oxygens (including phenoxy) is 1. The number of benzene rings is 2. The van der Waals surface area contributed by atoms with E-state index in [1.807, 2.05) is 13.0 Å². The van der Waals surface area contributed by atoms with E-state index in [-0.39, 0.29) is 5.91 Å². The van der Waals surface area contributed by atoms with Crippen LogP contribution in [0.3, 0.4) is 0 Å². The van der Waals surface area contributed by atoms with Crippen molar-refractivity contribution in [3.8, 4) is 11.8 Å². The molecule has 0 saturated carbocycles. The third-order valence-corrected chi connectivity index (χ3v) is 4.01. The van der Waals surface area contributed by atoms with Crippen molar-refractivity contribution >= 4 is 23.2 Å². The van der Waals surface area contributed by atoms with Crippen molar-refractivity contribution < 1.29 is 14.6 Å². The average Bonchev–Trinajstić information content (AvgIpc) is 2.61. The monoisotopic (exact) mass is 358 g/mol. The fraction of sp³-hybridized carbons (Fsp3) is 0.263. The summed E-state index contributed by atoms with van der Waals surface area (Å²) in [5.74, 6) is 0.100. The number of carbonyl (C=O) groups is 1. The number of amides is 1. The molecule has 130 valence electrons. The lowest BCUT2D eigenvalue weighted by atomic mass is 10.1. The predicted molar refractivity (Wildman–Crippen MR) is 96.9 cm³/mol. The van der Waals surface area contributed by atoms with Crippen molar-refractivity contribution in [3.05, 3.63) is 59.2 Å². The molecule has 0 aliphatic heterocycles. The number of carbonyl (C=O) groups excluding carboxylic acids is 1. The molecule has 5 nitrogen and oxygen atoms in total. The van der Waals surface area contributed by atoms with E-state index < -0.39 is 5.06 Å². The van der Waals surface area contributed by atoms with Gasteiger partial charge in [-0.3, -0.25) is 4.79 Å². The van der Waals surface area contributed by atoms with E-state index in [0.717, 1.165) is 0 Å². The first kappa shape index (κ1) is 18.8. The first-order valence-electron chi connectivity index (χ1n) is 7.74. The molecule has 1 amide bonds. The Labute approximate surface area is 152 Å². The van der Waals surface area contributed by atoms with Crippen LogP contribution in [0.4, 0.5) is 5.69 Å². The van der Waals surface area contributed by atoms with E-state index >= 15 is 0 Å². The molecule has 0 bridgehead atoms. The summed E-state index contributed by atoms with van der Waals surface area (Å²) in [7, 11) is 1.46. The average molecular weight is 359 g/mol. The molecule has 2 rings (SSSR count). The van der Waals surface area contributed by atoms with Gasteiger partial charge in [0.1, 0.15) is 5.75 Å². The fourth-order valence-corrected chi connectivity index (χ4v) is 2.73. The Kier molecular flexibility index (Phi) is 5.68. The smallest absolute Gasteiger partial charge is 0.258 e. The summed E-state index contributed by atoms with van der Waals surface area (Å²) >= 11 is 6.03. The number of nitriles is 1. The van der Waals surface area contributed by atoms with Gasteiger partial charge in [-0.1, -0.05) is 23.7 Å². The maximum atomic E-state index is 12.9. The largest absolute Gasteiger partial charge is 0.494 e. The van der Waals surface area contributed by atoms with Gasteiger partial charge in [0.25, 0.3) is 5.91 Å². The van der Waals surface area contributed by atoms with Gasteiger partial charge in [-0.15, -0.1) is 0 Å². The zero-order valence-corrected chi connectivity index (χ0v) is 15.0. The minimum Gasteiger partial charge on any atom is -0.494 e. The maximum absolute atomic E-state index is 12.9. The van der Waals surface area contributed by atoms with Crippen molar-refractivity contribution in [1.82, 2.24) is 0 Å². The van der Waals surface area contributed by atoms with Crippen molar-refractivity contribution in [2.45, 2.75) is 18.9 Å². The molecule has 1 unspecified atom stereocenters. The number of nitrogens with zero attached hydrogens (tertiary/aromatic N) is 2. The normalized spacial score (nSPS) is 12.8. The van der Waals surface area contributed by atoms with Crippen LogP contribution >= 0.6 is 11.6 Å². The first-order valence-corrected chi connectivity index (χ1v) is 8.12. The number of methoxy groups -OCH3 is 1. The fourth-order valence-electron chi connectivity index (χ4n) is 2.58.